The zero-order chi connectivity index (χ0) is 18.4. The lowest BCUT2D eigenvalue weighted by Gasteiger charge is -2.36. The maximum absolute atomic E-state index is 6.05. The molecule has 2 aromatic carbocycles. The first-order valence-corrected chi connectivity index (χ1v) is 10.8. The summed E-state index contributed by atoms with van der Waals surface area (Å²) >= 11 is 7.90. The van der Waals surface area contributed by atoms with E-state index in [2.05, 4.69) is 60.5 Å². The van der Waals surface area contributed by atoms with Crippen LogP contribution >= 0.6 is 23.4 Å². The molecule has 0 unspecified atom stereocenters. The second kappa shape index (κ2) is 9.80. The van der Waals surface area contributed by atoms with E-state index in [1.54, 1.807) is 0 Å². The quantitative estimate of drug-likeness (QED) is 0.638. The molecule has 1 heterocycles. The molecule has 1 atom stereocenters. The fourth-order valence-corrected chi connectivity index (χ4v) is 4.62. The van der Waals surface area contributed by atoms with Gasteiger partial charge in [-0.1, -0.05) is 55.4 Å². The third kappa shape index (κ3) is 5.50. The van der Waals surface area contributed by atoms with Gasteiger partial charge in [0.25, 0.3) is 0 Å². The maximum atomic E-state index is 6.05. The lowest BCUT2D eigenvalue weighted by atomic mass is 9.95. The third-order valence-corrected chi connectivity index (χ3v) is 6.28. The Bertz CT molecular complexity index is 681. The molecule has 0 radical (unpaired) electrons. The van der Waals surface area contributed by atoms with Gasteiger partial charge in [0.1, 0.15) is 0 Å². The number of nitrogens with one attached hydrogen (secondary N) is 1. The van der Waals surface area contributed by atoms with E-state index in [0.717, 1.165) is 37.1 Å². The second-order valence-electron chi connectivity index (χ2n) is 7.37. The molecule has 3 rings (SSSR count). The number of nitrogens with zero attached hydrogens (tertiary/aromatic N) is 1. The monoisotopic (exact) mass is 388 g/mol. The molecule has 4 heteroatoms. The molecular weight excluding hydrogens is 360 g/mol. The molecule has 1 aliphatic heterocycles. The summed E-state index contributed by atoms with van der Waals surface area (Å²) in [5.41, 5.74) is 1.47. The first-order chi connectivity index (χ1) is 12.6. The summed E-state index contributed by atoms with van der Waals surface area (Å²) in [6, 6.07) is 17.6. The van der Waals surface area contributed by atoms with Gasteiger partial charge in [0.2, 0.25) is 0 Å². The average molecular weight is 389 g/mol. The van der Waals surface area contributed by atoms with E-state index in [1.165, 1.54) is 28.2 Å². The van der Waals surface area contributed by atoms with Crippen molar-refractivity contribution in [3.63, 3.8) is 0 Å². The van der Waals surface area contributed by atoms with Crippen LogP contribution in [-0.4, -0.2) is 31.1 Å². The van der Waals surface area contributed by atoms with E-state index in [1.807, 2.05) is 23.9 Å². The summed E-state index contributed by atoms with van der Waals surface area (Å²) in [7, 11) is 0. The van der Waals surface area contributed by atoms with Gasteiger partial charge in [0, 0.05) is 47.0 Å². The topological polar surface area (TPSA) is 15.3 Å². The van der Waals surface area contributed by atoms with Gasteiger partial charge < -0.3 is 5.32 Å². The first-order valence-electron chi connectivity index (χ1n) is 9.60. The maximum Gasteiger partial charge on any atom is 0.0406 e. The Morgan fingerprint density at radius 1 is 1.00 bits per heavy atom. The molecule has 1 N–H and O–H groups in total. The van der Waals surface area contributed by atoms with Gasteiger partial charge in [-0.15, -0.1) is 0 Å². The Labute approximate surface area is 167 Å². The molecule has 0 amide bonds. The van der Waals surface area contributed by atoms with Crippen molar-refractivity contribution in [2.24, 2.45) is 5.92 Å². The number of hydrogen-bond donors (Lipinski definition) is 1. The highest BCUT2D eigenvalue weighted by Gasteiger charge is 2.24. The second-order valence-corrected chi connectivity index (χ2v) is 8.92. The molecule has 1 saturated heterocycles. The van der Waals surface area contributed by atoms with E-state index in [9.17, 15) is 0 Å². The lowest BCUT2D eigenvalue weighted by Crippen LogP contribution is -2.45. The molecule has 0 saturated carbocycles. The summed E-state index contributed by atoms with van der Waals surface area (Å²) in [6.07, 6.45) is 2.48. The van der Waals surface area contributed by atoms with Crippen molar-refractivity contribution in [1.29, 1.82) is 0 Å². The van der Waals surface area contributed by atoms with Gasteiger partial charge >= 0.3 is 0 Å². The van der Waals surface area contributed by atoms with Crippen LogP contribution in [0.15, 0.2) is 58.3 Å². The van der Waals surface area contributed by atoms with Crippen LogP contribution < -0.4 is 5.32 Å². The minimum absolute atomic E-state index is 0.496. The molecular formula is C22H29ClN2S. The predicted octanol–water partition coefficient (Wildman–Crippen LogP) is 5.87. The highest BCUT2D eigenvalue weighted by Crippen LogP contribution is 2.38. The molecule has 26 heavy (non-hydrogen) atoms. The number of hydrogen-bond acceptors (Lipinski definition) is 3. The van der Waals surface area contributed by atoms with Crippen molar-refractivity contribution in [3.8, 4) is 0 Å². The summed E-state index contributed by atoms with van der Waals surface area (Å²) in [5, 5.41) is 4.28. The molecule has 0 bridgehead atoms. The molecule has 0 spiro atoms. The molecule has 0 aliphatic carbocycles. The molecule has 1 aliphatic rings. The average Bonchev–Trinajstić information content (AvgIpc) is 2.66. The molecule has 140 valence electrons. The van der Waals surface area contributed by atoms with Crippen LogP contribution in [0.1, 0.15) is 38.3 Å². The van der Waals surface area contributed by atoms with Crippen LogP contribution in [-0.2, 0) is 0 Å². The summed E-state index contributed by atoms with van der Waals surface area (Å²) in [5.74, 6) is 0.733. The highest BCUT2D eigenvalue weighted by atomic mass is 35.5. The Kier molecular flexibility index (Phi) is 7.44. The Hall–Kier alpha value is -1.00. The molecule has 2 aromatic rings. The number of piperazine rings is 1. The minimum atomic E-state index is 0.496. The number of halogens is 1. The summed E-state index contributed by atoms with van der Waals surface area (Å²) in [6.45, 7) is 9.08. The van der Waals surface area contributed by atoms with Crippen molar-refractivity contribution in [1.82, 2.24) is 10.2 Å². The van der Waals surface area contributed by atoms with E-state index in [0.29, 0.717) is 6.04 Å². The SMILES string of the molecule is CC(C)CC[C@@H](c1ccccc1Sc1ccc(Cl)cc1)N1CCNCC1. The molecule has 2 nitrogen and oxygen atoms in total. The Morgan fingerprint density at radius 3 is 2.38 bits per heavy atom. The van der Waals surface area contributed by atoms with Crippen LogP contribution in [0, 0.1) is 5.92 Å². The van der Waals surface area contributed by atoms with Gasteiger partial charge in [0.15, 0.2) is 0 Å². The van der Waals surface area contributed by atoms with Gasteiger partial charge in [-0.3, -0.25) is 4.90 Å². The fourth-order valence-electron chi connectivity index (χ4n) is 3.50. The fraction of sp³-hybridized carbons (Fsp3) is 0.455. The zero-order valence-electron chi connectivity index (χ0n) is 15.7. The van der Waals surface area contributed by atoms with Crippen molar-refractivity contribution in [2.45, 2.75) is 42.5 Å². The minimum Gasteiger partial charge on any atom is -0.314 e. The Balaban J connectivity index is 1.86. The zero-order valence-corrected chi connectivity index (χ0v) is 17.3. The van der Waals surface area contributed by atoms with E-state index < -0.39 is 0 Å². The molecule has 0 aromatic heterocycles. The Morgan fingerprint density at radius 2 is 1.69 bits per heavy atom. The largest absolute Gasteiger partial charge is 0.314 e. The third-order valence-electron chi connectivity index (χ3n) is 4.93. The van der Waals surface area contributed by atoms with E-state index >= 15 is 0 Å². The normalized spacial score (nSPS) is 16.8. The van der Waals surface area contributed by atoms with Crippen molar-refractivity contribution >= 4 is 23.4 Å². The summed E-state index contributed by atoms with van der Waals surface area (Å²) < 4.78 is 0. The van der Waals surface area contributed by atoms with Crippen LogP contribution in [0.3, 0.4) is 0 Å². The van der Waals surface area contributed by atoms with Crippen LogP contribution in [0.2, 0.25) is 5.02 Å². The number of benzene rings is 2. The van der Waals surface area contributed by atoms with Gasteiger partial charge in [-0.25, -0.2) is 0 Å². The van der Waals surface area contributed by atoms with Crippen molar-refractivity contribution in [2.75, 3.05) is 26.2 Å². The van der Waals surface area contributed by atoms with E-state index in [4.69, 9.17) is 11.6 Å². The van der Waals surface area contributed by atoms with E-state index in [-0.39, 0.29) is 0 Å². The number of rotatable bonds is 7. The standard InChI is InChI=1S/C22H29ClN2S/c1-17(2)7-12-21(25-15-13-24-14-16-25)20-5-3-4-6-22(20)26-19-10-8-18(23)9-11-19/h3-6,8-11,17,21,24H,7,12-16H2,1-2H3/t21-/m0/s1. The predicted molar refractivity (Wildman–Crippen MR) is 113 cm³/mol. The van der Waals surface area contributed by atoms with Gasteiger partial charge in [-0.05, 0) is 54.7 Å². The molecule has 1 fully saturated rings. The van der Waals surface area contributed by atoms with Crippen LogP contribution in [0.4, 0.5) is 0 Å². The van der Waals surface area contributed by atoms with Crippen molar-refractivity contribution < 1.29 is 0 Å². The van der Waals surface area contributed by atoms with Crippen LogP contribution in [0.25, 0.3) is 0 Å². The summed E-state index contributed by atoms with van der Waals surface area (Å²) in [4.78, 5) is 5.27. The lowest BCUT2D eigenvalue weighted by molar-refractivity contribution is 0.158. The van der Waals surface area contributed by atoms with Crippen molar-refractivity contribution in [3.05, 3.63) is 59.1 Å². The van der Waals surface area contributed by atoms with Gasteiger partial charge in [-0.2, -0.15) is 0 Å². The highest BCUT2D eigenvalue weighted by molar-refractivity contribution is 7.99. The first kappa shape index (κ1) is 19.8. The van der Waals surface area contributed by atoms with Crippen LogP contribution in [0.5, 0.6) is 0 Å². The smallest absolute Gasteiger partial charge is 0.0406 e. The van der Waals surface area contributed by atoms with Gasteiger partial charge in [0.05, 0.1) is 0 Å².